The van der Waals surface area contributed by atoms with Crippen LogP contribution in [0.15, 0.2) is 0 Å². The van der Waals surface area contributed by atoms with Gasteiger partial charge in [0.2, 0.25) is 0 Å². The van der Waals surface area contributed by atoms with E-state index in [1.807, 2.05) is 0 Å². The zero-order valence-electron chi connectivity index (χ0n) is 12.3. The summed E-state index contributed by atoms with van der Waals surface area (Å²) < 4.78 is 0. The first-order chi connectivity index (χ1) is 7.98. The Labute approximate surface area is 108 Å². The lowest BCUT2D eigenvalue weighted by molar-refractivity contribution is 0.134. The zero-order chi connectivity index (χ0) is 12.5. The van der Waals surface area contributed by atoms with E-state index in [2.05, 4.69) is 33.0 Å². The predicted octanol–water partition coefficient (Wildman–Crippen LogP) is 4.23. The second kappa shape index (κ2) is 4.91. The summed E-state index contributed by atoms with van der Waals surface area (Å²) in [5.74, 6) is 1.98. The van der Waals surface area contributed by atoms with Crippen molar-refractivity contribution in [3.63, 3.8) is 0 Å². The fourth-order valence-corrected chi connectivity index (χ4v) is 3.84. The van der Waals surface area contributed by atoms with Crippen LogP contribution in [-0.2, 0) is 0 Å². The van der Waals surface area contributed by atoms with Crippen LogP contribution in [0.2, 0.25) is 0 Å². The van der Waals surface area contributed by atoms with Crippen molar-refractivity contribution in [3.05, 3.63) is 0 Å². The molecule has 0 aromatic heterocycles. The second-order valence-electron chi connectivity index (χ2n) is 7.61. The van der Waals surface area contributed by atoms with Crippen LogP contribution in [0.1, 0.15) is 66.2 Å². The summed E-state index contributed by atoms with van der Waals surface area (Å²) in [7, 11) is 0. The Bertz CT molecular complexity index is 243. The van der Waals surface area contributed by atoms with Gasteiger partial charge in [-0.1, -0.05) is 27.7 Å². The number of rotatable bonds is 4. The van der Waals surface area contributed by atoms with Gasteiger partial charge in [-0.3, -0.25) is 0 Å². The minimum Gasteiger partial charge on any atom is -0.316 e. The summed E-state index contributed by atoms with van der Waals surface area (Å²) in [4.78, 5) is 0. The smallest absolute Gasteiger partial charge is 0.00150 e. The Kier molecular flexibility index (Phi) is 3.87. The molecule has 1 unspecified atom stereocenters. The van der Waals surface area contributed by atoms with Gasteiger partial charge in [-0.2, -0.15) is 0 Å². The average molecular weight is 237 g/mol. The van der Waals surface area contributed by atoms with E-state index in [1.165, 1.54) is 51.6 Å². The average Bonchev–Trinajstić information content (AvgIpc) is 2.91. The molecule has 1 N–H and O–H groups in total. The maximum atomic E-state index is 3.61. The van der Waals surface area contributed by atoms with Crippen LogP contribution in [0.3, 0.4) is 0 Å². The molecule has 2 rings (SSSR count). The molecule has 0 bridgehead atoms. The molecule has 1 nitrogen and oxygen atoms in total. The topological polar surface area (TPSA) is 12.0 Å². The third-order valence-corrected chi connectivity index (χ3v) is 5.38. The summed E-state index contributed by atoms with van der Waals surface area (Å²) in [5, 5.41) is 3.61. The summed E-state index contributed by atoms with van der Waals surface area (Å²) in [6.45, 7) is 12.0. The Hall–Kier alpha value is -0.0400. The van der Waals surface area contributed by atoms with E-state index >= 15 is 0 Å². The van der Waals surface area contributed by atoms with Crippen molar-refractivity contribution in [3.8, 4) is 0 Å². The summed E-state index contributed by atoms with van der Waals surface area (Å²) in [6.07, 6.45) is 8.76. The highest BCUT2D eigenvalue weighted by Gasteiger charge is 2.54. The predicted molar refractivity (Wildman–Crippen MR) is 75.1 cm³/mol. The molecule has 17 heavy (non-hydrogen) atoms. The third-order valence-electron chi connectivity index (χ3n) is 5.38. The molecule has 1 heteroatoms. The minimum atomic E-state index is 0.534. The van der Waals surface area contributed by atoms with Gasteiger partial charge in [0.1, 0.15) is 0 Å². The minimum absolute atomic E-state index is 0.534. The molecule has 100 valence electrons. The molecular weight excluding hydrogens is 206 g/mol. The van der Waals surface area contributed by atoms with Crippen LogP contribution in [0, 0.1) is 22.7 Å². The van der Waals surface area contributed by atoms with Crippen LogP contribution in [-0.4, -0.2) is 13.1 Å². The van der Waals surface area contributed by atoms with Crippen molar-refractivity contribution in [2.75, 3.05) is 13.1 Å². The zero-order valence-corrected chi connectivity index (χ0v) is 12.3. The normalized spacial score (nSPS) is 37.4. The van der Waals surface area contributed by atoms with Gasteiger partial charge in [0, 0.05) is 0 Å². The first kappa shape index (κ1) is 13.4. The molecule has 0 heterocycles. The van der Waals surface area contributed by atoms with Crippen molar-refractivity contribution in [2.24, 2.45) is 22.7 Å². The van der Waals surface area contributed by atoms with E-state index in [-0.39, 0.29) is 0 Å². The first-order valence-corrected chi connectivity index (χ1v) is 7.69. The molecule has 1 spiro atoms. The van der Waals surface area contributed by atoms with Gasteiger partial charge in [0.05, 0.1) is 0 Å². The van der Waals surface area contributed by atoms with Crippen LogP contribution in [0.25, 0.3) is 0 Å². The van der Waals surface area contributed by atoms with E-state index < -0.39 is 0 Å². The van der Waals surface area contributed by atoms with Crippen molar-refractivity contribution >= 4 is 0 Å². The SMILES string of the molecule is CCCNCC1CC12CCC(C(C)(C)C)CC2. The van der Waals surface area contributed by atoms with Crippen LogP contribution < -0.4 is 5.32 Å². The molecule has 0 radical (unpaired) electrons. The number of hydrogen-bond donors (Lipinski definition) is 1. The van der Waals surface area contributed by atoms with Gasteiger partial charge in [-0.15, -0.1) is 0 Å². The van der Waals surface area contributed by atoms with Crippen molar-refractivity contribution in [1.29, 1.82) is 0 Å². The van der Waals surface area contributed by atoms with E-state index in [4.69, 9.17) is 0 Å². The lowest BCUT2D eigenvalue weighted by atomic mass is 9.68. The van der Waals surface area contributed by atoms with Gasteiger partial charge in [0.25, 0.3) is 0 Å². The highest BCUT2D eigenvalue weighted by Crippen LogP contribution is 2.63. The van der Waals surface area contributed by atoms with Gasteiger partial charge < -0.3 is 5.32 Å². The molecule has 2 saturated carbocycles. The van der Waals surface area contributed by atoms with Crippen molar-refractivity contribution in [1.82, 2.24) is 5.32 Å². The van der Waals surface area contributed by atoms with Gasteiger partial charge in [-0.25, -0.2) is 0 Å². The van der Waals surface area contributed by atoms with E-state index in [1.54, 1.807) is 0 Å². The lowest BCUT2D eigenvalue weighted by Crippen LogP contribution is -2.28. The molecule has 2 aliphatic carbocycles. The molecule has 0 aromatic rings. The first-order valence-electron chi connectivity index (χ1n) is 7.69. The largest absolute Gasteiger partial charge is 0.316 e. The number of nitrogens with one attached hydrogen (secondary N) is 1. The highest BCUT2D eigenvalue weighted by atomic mass is 14.9. The van der Waals surface area contributed by atoms with E-state index in [0.717, 1.165) is 17.3 Å². The Balaban J connectivity index is 1.73. The summed E-state index contributed by atoms with van der Waals surface area (Å²) in [6, 6.07) is 0. The Morgan fingerprint density at radius 2 is 1.82 bits per heavy atom. The monoisotopic (exact) mass is 237 g/mol. The third kappa shape index (κ3) is 3.05. The van der Waals surface area contributed by atoms with Crippen molar-refractivity contribution in [2.45, 2.75) is 66.2 Å². The molecule has 2 aliphatic rings. The van der Waals surface area contributed by atoms with Gasteiger partial charge >= 0.3 is 0 Å². The molecule has 0 aliphatic heterocycles. The van der Waals surface area contributed by atoms with Crippen LogP contribution >= 0.6 is 0 Å². The molecule has 0 saturated heterocycles. The maximum absolute atomic E-state index is 3.61. The molecule has 2 fully saturated rings. The lowest BCUT2D eigenvalue weighted by Gasteiger charge is -2.37. The second-order valence-corrected chi connectivity index (χ2v) is 7.61. The Morgan fingerprint density at radius 3 is 2.35 bits per heavy atom. The number of hydrogen-bond acceptors (Lipinski definition) is 1. The highest BCUT2D eigenvalue weighted by molar-refractivity contribution is 5.05. The van der Waals surface area contributed by atoms with Crippen molar-refractivity contribution < 1.29 is 0 Å². The molecular formula is C16H31N. The fourth-order valence-electron chi connectivity index (χ4n) is 3.84. The van der Waals surface area contributed by atoms with Crippen LogP contribution in [0.4, 0.5) is 0 Å². The molecule has 0 amide bonds. The molecule has 0 aromatic carbocycles. The fraction of sp³-hybridized carbons (Fsp3) is 1.00. The standard InChI is InChI=1S/C16H31N/c1-5-10-17-12-14-11-16(14)8-6-13(7-9-16)15(2,3)4/h13-14,17H,5-12H2,1-4H3. The quantitative estimate of drug-likeness (QED) is 0.722. The maximum Gasteiger partial charge on any atom is -0.00150 e. The summed E-state index contributed by atoms with van der Waals surface area (Å²) >= 11 is 0. The van der Waals surface area contributed by atoms with Gasteiger partial charge in [0.15, 0.2) is 0 Å². The Morgan fingerprint density at radius 1 is 1.18 bits per heavy atom. The van der Waals surface area contributed by atoms with Crippen LogP contribution in [0.5, 0.6) is 0 Å². The van der Waals surface area contributed by atoms with Gasteiger partial charge in [-0.05, 0) is 74.3 Å². The molecule has 1 atom stereocenters. The van der Waals surface area contributed by atoms with E-state index in [9.17, 15) is 0 Å². The van der Waals surface area contributed by atoms with E-state index in [0.29, 0.717) is 5.41 Å². The summed E-state index contributed by atoms with van der Waals surface area (Å²) in [5.41, 5.74) is 1.31.